The minimum absolute atomic E-state index is 0.116. The van der Waals surface area contributed by atoms with Gasteiger partial charge in [0, 0.05) is 14.1 Å². The molecule has 0 aromatic heterocycles. The minimum Gasteiger partial charge on any atom is -0.347 e. The van der Waals surface area contributed by atoms with Crippen molar-refractivity contribution in [2.75, 3.05) is 28.2 Å². The zero-order chi connectivity index (χ0) is 16.4. The summed E-state index contributed by atoms with van der Waals surface area (Å²) in [7, 11) is 7.52. The molecule has 1 atom stereocenters. The lowest BCUT2D eigenvalue weighted by atomic mass is 9.80. The molecule has 3 heteroatoms. The normalized spacial score (nSPS) is 13.4. The number of hydrogen-bond donors (Lipinski definition) is 0. The van der Waals surface area contributed by atoms with Gasteiger partial charge in [0.15, 0.2) is 0 Å². The number of carbonyl (C=O) groups is 1. The van der Waals surface area contributed by atoms with Crippen LogP contribution in [0.5, 0.6) is 0 Å². The Balaban J connectivity index is 3.27. The molecule has 0 saturated heterocycles. The first kappa shape index (κ1) is 17.7. The molecule has 21 heavy (non-hydrogen) atoms. The molecule has 0 bridgehead atoms. The number of nitrogens with zero attached hydrogens (tertiary/aromatic N) is 2. The van der Waals surface area contributed by atoms with Gasteiger partial charge in [-0.3, -0.25) is 9.69 Å². The number of benzene rings is 1. The molecular weight excluding hydrogens is 260 g/mol. The summed E-state index contributed by atoms with van der Waals surface area (Å²) >= 11 is 0. The van der Waals surface area contributed by atoms with Crippen LogP contribution in [0, 0.1) is 6.92 Å². The molecule has 1 amide bonds. The van der Waals surface area contributed by atoms with Gasteiger partial charge in [0.1, 0.15) is 6.04 Å². The largest absolute Gasteiger partial charge is 0.347 e. The summed E-state index contributed by atoms with van der Waals surface area (Å²) in [4.78, 5) is 16.1. The second-order valence-electron chi connectivity index (χ2n) is 6.91. The first-order valence-corrected chi connectivity index (χ1v) is 7.60. The van der Waals surface area contributed by atoms with Crippen LogP contribution in [-0.4, -0.2) is 43.9 Å². The minimum atomic E-state index is -0.223. The predicted octanol–water partition coefficient (Wildman–Crippen LogP) is 3.37. The van der Waals surface area contributed by atoms with E-state index < -0.39 is 0 Å². The predicted molar refractivity (Wildman–Crippen MR) is 89.6 cm³/mol. The van der Waals surface area contributed by atoms with Crippen LogP contribution in [-0.2, 0) is 10.2 Å². The second-order valence-corrected chi connectivity index (χ2v) is 6.91. The summed E-state index contributed by atoms with van der Waals surface area (Å²) in [5, 5.41) is 0. The first-order chi connectivity index (χ1) is 9.61. The number of carbonyl (C=O) groups excluding carboxylic acids is 1. The molecule has 0 aliphatic carbocycles. The van der Waals surface area contributed by atoms with Crippen molar-refractivity contribution in [1.82, 2.24) is 9.80 Å². The molecule has 0 fully saturated rings. The van der Waals surface area contributed by atoms with Gasteiger partial charge in [-0.15, -0.1) is 0 Å². The quantitative estimate of drug-likeness (QED) is 0.830. The van der Waals surface area contributed by atoms with E-state index in [2.05, 4.69) is 45.9 Å². The Morgan fingerprint density at radius 1 is 1.19 bits per heavy atom. The van der Waals surface area contributed by atoms with Crippen LogP contribution in [0.4, 0.5) is 0 Å². The zero-order valence-corrected chi connectivity index (χ0v) is 14.8. The Kier molecular flexibility index (Phi) is 5.57. The molecular formula is C18H30N2O. The van der Waals surface area contributed by atoms with E-state index in [1.165, 1.54) is 11.1 Å². The SMILES string of the molecule is CCC(C)(C)c1ccc(C(C(=O)N(C)C)N(C)C)c(C)c1. The summed E-state index contributed by atoms with van der Waals surface area (Å²) in [5.41, 5.74) is 3.78. The van der Waals surface area contributed by atoms with Crippen molar-refractivity contribution in [3.63, 3.8) is 0 Å². The first-order valence-electron chi connectivity index (χ1n) is 7.60. The average Bonchev–Trinajstić information content (AvgIpc) is 2.40. The van der Waals surface area contributed by atoms with Gasteiger partial charge in [0.05, 0.1) is 0 Å². The third-order valence-corrected chi connectivity index (χ3v) is 4.42. The summed E-state index contributed by atoms with van der Waals surface area (Å²) < 4.78 is 0. The molecule has 3 nitrogen and oxygen atoms in total. The van der Waals surface area contributed by atoms with Crippen LogP contribution in [0.15, 0.2) is 18.2 Å². The van der Waals surface area contributed by atoms with Gasteiger partial charge in [-0.05, 0) is 49.5 Å². The highest BCUT2D eigenvalue weighted by atomic mass is 16.2. The molecule has 1 unspecified atom stereocenters. The Bertz CT molecular complexity index is 504. The Labute approximate surface area is 129 Å². The van der Waals surface area contributed by atoms with E-state index in [0.29, 0.717) is 0 Å². The van der Waals surface area contributed by atoms with E-state index >= 15 is 0 Å². The standard InChI is InChI=1S/C18H30N2O/c1-9-18(3,4)14-10-11-15(13(2)12-14)16(19(5)6)17(21)20(7)8/h10-12,16H,9H2,1-8H3. The van der Waals surface area contributed by atoms with Gasteiger partial charge >= 0.3 is 0 Å². The fourth-order valence-corrected chi connectivity index (χ4v) is 2.48. The summed E-state index contributed by atoms with van der Waals surface area (Å²) in [6, 6.07) is 6.30. The van der Waals surface area contributed by atoms with Crippen LogP contribution < -0.4 is 0 Å². The highest BCUT2D eigenvalue weighted by Gasteiger charge is 2.27. The molecule has 0 spiro atoms. The maximum atomic E-state index is 12.5. The maximum absolute atomic E-state index is 12.5. The van der Waals surface area contributed by atoms with Crippen LogP contribution in [0.25, 0.3) is 0 Å². The van der Waals surface area contributed by atoms with Crippen LogP contribution in [0.1, 0.15) is 49.9 Å². The highest BCUT2D eigenvalue weighted by molar-refractivity contribution is 5.83. The number of amides is 1. The number of rotatable bonds is 5. The van der Waals surface area contributed by atoms with Gasteiger partial charge in [-0.1, -0.05) is 39.0 Å². The van der Waals surface area contributed by atoms with E-state index in [4.69, 9.17) is 0 Å². The maximum Gasteiger partial charge on any atom is 0.244 e. The molecule has 1 aromatic rings. The fraction of sp³-hybridized carbons (Fsp3) is 0.611. The second kappa shape index (κ2) is 6.61. The highest BCUT2D eigenvalue weighted by Crippen LogP contribution is 2.31. The Morgan fingerprint density at radius 2 is 1.76 bits per heavy atom. The van der Waals surface area contributed by atoms with Crippen molar-refractivity contribution >= 4 is 5.91 Å². The summed E-state index contributed by atoms with van der Waals surface area (Å²) in [6.07, 6.45) is 1.10. The van der Waals surface area contributed by atoms with Gasteiger partial charge in [-0.25, -0.2) is 0 Å². The number of hydrogen-bond acceptors (Lipinski definition) is 2. The topological polar surface area (TPSA) is 23.6 Å². The molecule has 0 heterocycles. The lowest BCUT2D eigenvalue weighted by Gasteiger charge is -2.29. The fourth-order valence-electron chi connectivity index (χ4n) is 2.48. The molecule has 1 rings (SSSR count). The van der Waals surface area contributed by atoms with E-state index in [1.807, 2.05) is 33.1 Å². The molecule has 0 N–H and O–H groups in total. The van der Waals surface area contributed by atoms with E-state index in [-0.39, 0.29) is 17.4 Å². The number of aryl methyl sites for hydroxylation is 1. The molecule has 0 aliphatic rings. The van der Waals surface area contributed by atoms with E-state index in [0.717, 1.165) is 12.0 Å². The smallest absolute Gasteiger partial charge is 0.244 e. The van der Waals surface area contributed by atoms with Crippen molar-refractivity contribution in [2.24, 2.45) is 0 Å². The number of likely N-dealkylation sites (N-methyl/N-ethyl adjacent to an activating group) is 2. The van der Waals surface area contributed by atoms with Gasteiger partial charge in [0.25, 0.3) is 0 Å². The summed E-state index contributed by atoms with van der Waals surface area (Å²) in [6.45, 7) is 8.83. The Morgan fingerprint density at radius 3 is 2.14 bits per heavy atom. The van der Waals surface area contributed by atoms with Crippen molar-refractivity contribution in [3.8, 4) is 0 Å². The zero-order valence-electron chi connectivity index (χ0n) is 14.8. The van der Waals surface area contributed by atoms with Crippen molar-refractivity contribution in [1.29, 1.82) is 0 Å². The van der Waals surface area contributed by atoms with Crippen LogP contribution in [0.2, 0.25) is 0 Å². The monoisotopic (exact) mass is 290 g/mol. The molecule has 0 aliphatic heterocycles. The summed E-state index contributed by atoms with van der Waals surface area (Å²) in [5.74, 6) is 0.116. The molecule has 118 valence electrons. The van der Waals surface area contributed by atoms with E-state index in [9.17, 15) is 4.79 Å². The van der Waals surface area contributed by atoms with E-state index in [1.54, 1.807) is 4.90 Å². The van der Waals surface area contributed by atoms with Gasteiger partial charge < -0.3 is 4.90 Å². The van der Waals surface area contributed by atoms with Gasteiger partial charge in [0.2, 0.25) is 5.91 Å². The molecule has 1 aromatic carbocycles. The molecule has 0 radical (unpaired) electrons. The van der Waals surface area contributed by atoms with Crippen molar-refractivity contribution in [3.05, 3.63) is 34.9 Å². The Hall–Kier alpha value is -1.35. The third kappa shape index (κ3) is 3.85. The van der Waals surface area contributed by atoms with Crippen LogP contribution >= 0.6 is 0 Å². The molecule has 0 saturated carbocycles. The third-order valence-electron chi connectivity index (χ3n) is 4.42. The lowest BCUT2D eigenvalue weighted by molar-refractivity contribution is -0.133. The average molecular weight is 290 g/mol. The van der Waals surface area contributed by atoms with Crippen molar-refractivity contribution in [2.45, 2.75) is 45.6 Å². The lowest BCUT2D eigenvalue weighted by Crippen LogP contribution is -2.36. The van der Waals surface area contributed by atoms with Gasteiger partial charge in [-0.2, -0.15) is 0 Å². The van der Waals surface area contributed by atoms with Crippen LogP contribution in [0.3, 0.4) is 0 Å². The van der Waals surface area contributed by atoms with Crippen molar-refractivity contribution < 1.29 is 4.79 Å².